The Morgan fingerprint density at radius 2 is 0.769 bits per heavy atom. The van der Waals surface area contributed by atoms with Gasteiger partial charge in [0.25, 0.3) is 0 Å². The normalized spacial score (nSPS) is 11.0. The van der Waals surface area contributed by atoms with Gasteiger partial charge in [-0.2, -0.15) is 0 Å². The van der Waals surface area contributed by atoms with E-state index in [1.165, 1.54) is 18.3 Å². The van der Waals surface area contributed by atoms with Crippen LogP contribution in [0.2, 0.25) is 0 Å². The third kappa shape index (κ3) is 10.2. The molecule has 0 radical (unpaired) electrons. The minimum atomic E-state index is 0.573. The highest BCUT2D eigenvalue weighted by atomic mass is 127. The lowest BCUT2D eigenvalue weighted by Gasteiger charge is -2.08. The van der Waals surface area contributed by atoms with Crippen molar-refractivity contribution in [2.45, 2.75) is 13.2 Å². The maximum Gasteiger partial charge on any atom is 0.0718 e. The molecule has 0 amide bonds. The molecule has 2 aromatic carbocycles. The van der Waals surface area contributed by atoms with Gasteiger partial charge in [0.1, 0.15) is 0 Å². The third-order valence-electron chi connectivity index (χ3n) is 3.48. The summed E-state index contributed by atoms with van der Waals surface area (Å²) in [6.45, 7) is 4.72. The molecule has 0 fully saturated rings. The molecule has 0 aliphatic rings. The number of ether oxygens (including phenoxy) is 4. The van der Waals surface area contributed by atoms with Crippen molar-refractivity contribution in [3.05, 3.63) is 66.8 Å². The lowest BCUT2D eigenvalue weighted by molar-refractivity contribution is -0.00618. The molecule has 0 atom stereocenters. The summed E-state index contributed by atoms with van der Waals surface area (Å²) >= 11 is 4.59. The topological polar surface area (TPSA) is 36.9 Å². The van der Waals surface area contributed by atoms with Crippen LogP contribution in [0, 0.1) is 7.14 Å². The lowest BCUT2D eigenvalue weighted by Crippen LogP contribution is -2.11. The van der Waals surface area contributed by atoms with Crippen molar-refractivity contribution in [2.24, 2.45) is 0 Å². The Morgan fingerprint density at radius 3 is 1.12 bits per heavy atom. The van der Waals surface area contributed by atoms with Crippen molar-refractivity contribution >= 4 is 45.2 Å². The summed E-state index contributed by atoms with van der Waals surface area (Å²) < 4.78 is 24.6. The summed E-state index contributed by atoms with van der Waals surface area (Å²) in [7, 11) is 0. The van der Waals surface area contributed by atoms with Crippen LogP contribution in [0.15, 0.2) is 48.5 Å². The highest BCUT2D eigenvalue weighted by Gasteiger charge is 1.96. The van der Waals surface area contributed by atoms with Gasteiger partial charge >= 0.3 is 0 Å². The third-order valence-corrected chi connectivity index (χ3v) is 4.92. The van der Waals surface area contributed by atoms with Gasteiger partial charge in [0.05, 0.1) is 52.9 Å². The minimum absolute atomic E-state index is 0.573. The van der Waals surface area contributed by atoms with Crippen LogP contribution in [0.3, 0.4) is 0 Å². The highest BCUT2D eigenvalue weighted by molar-refractivity contribution is 14.1. The second-order valence-corrected chi connectivity index (χ2v) is 8.07. The van der Waals surface area contributed by atoms with Gasteiger partial charge in [-0.25, -0.2) is 0 Å². The predicted molar refractivity (Wildman–Crippen MR) is 119 cm³/mol. The molecule has 26 heavy (non-hydrogen) atoms. The molecule has 6 heteroatoms. The summed E-state index contributed by atoms with van der Waals surface area (Å²) in [5, 5.41) is 0. The zero-order valence-corrected chi connectivity index (χ0v) is 19.0. The fraction of sp³-hybridized carbons (Fsp3) is 0.400. The molecule has 0 saturated heterocycles. The van der Waals surface area contributed by atoms with E-state index in [4.69, 9.17) is 18.9 Å². The predicted octanol–water partition coefficient (Wildman–Crippen LogP) is 4.66. The molecule has 0 saturated carbocycles. The molecule has 0 aromatic heterocycles. The van der Waals surface area contributed by atoms with Crippen molar-refractivity contribution in [1.82, 2.24) is 0 Å². The second-order valence-electron chi connectivity index (χ2n) is 5.58. The molecule has 0 spiro atoms. The summed E-state index contributed by atoms with van der Waals surface area (Å²) in [6, 6.07) is 16.6. The van der Waals surface area contributed by atoms with Crippen LogP contribution in [0.5, 0.6) is 0 Å². The number of halogens is 2. The number of hydrogen-bond donors (Lipinski definition) is 0. The van der Waals surface area contributed by atoms with Crippen LogP contribution in [-0.2, 0) is 32.2 Å². The molecular weight excluding hydrogens is 558 g/mol. The highest BCUT2D eigenvalue weighted by Crippen LogP contribution is 2.08. The quantitative estimate of drug-likeness (QED) is 0.255. The van der Waals surface area contributed by atoms with E-state index in [-0.39, 0.29) is 0 Å². The van der Waals surface area contributed by atoms with Crippen molar-refractivity contribution in [3.8, 4) is 0 Å². The van der Waals surface area contributed by atoms with Crippen molar-refractivity contribution in [1.29, 1.82) is 0 Å². The van der Waals surface area contributed by atoms with E-state index in [0.29, 0.717) is 52.9 Å². The van der Waals surface area contributed by atoms with Crippen molar-refractivity contribution in [3.63, 3.8) is 0 Å². The number of hydrogen-bond acceptors (Lipinski definition) is 4. The average molecular weight is 582 g/mol. The Bertz CT molecular complexity index is 547. The van der Waals surface area contributed by atoms with E-state index >= 15 is 0 Å². The fourth-order valence-electron chi connectivity index (χ4n) is 2.10. The SMILES string of the molecule is Ic1ccc(COCCOCCOCCOCc2ccc(I)cc2)cc1. The molecule has 0 unspecified atom stereocenters. The van der Waals surface area contributed by atoms with Crippen molar-refractivity contribution in [2.75, 3.05) is 39.6 Å². The first-order valence-corrected chi connectivity index (χ1v) is 10.7. The van der Waals surface area contributed by atoms with E-state index in [1.54, 1.807) is 0 Å². The molecule has 0 aliphatic carbocycles. The van der Waals surface area contributed by atoms with E-state index in [9.17, 15) is 0 Å². The zero-order chi connectivity index (χ0) is 18.5. The Kier molecular flexibility index (Phi) is 11.7. The van der Waals surface area contributed by atoms with Crippen LogP contribution in [0.4, 0.5) is 0 Å². The minimum Gasteiger partial charge on any atom is -0.377 e. The Morgan fingerprint density at radius 1 is 0.462 bits per heavy atom. The Balaban J connectivity index is 1.35. The van der Waals surface area contributed by atoms with Gasteiger partial charge in [0.15, 0.2) is 0 Å². The number of benzene rings is 2. The maximum atomic E-state index is 5.58. The van der Waals surface area contributed by atoms with E-state index in [2.05, 4.69) is 93.7 Å². The van der Waals surface area contributed by atoms with Gasteiger partial charge in [0, 0.05) is 7.14 Å². The zero-order valence-electron chi connectivity index (χ0n) is 14.7. The van der Waals surface area contributed by atoms with Gasteiger partial charge in [-0.3, -0.25) is 0 Å². The standard InChI is InChI=1S/C20H24I2O4/c21-19-5-1-17(2-6-19)15-25-13-11-23-9-10-24-12-14-26-16-18-3-7-20(22)8-4-18/h1-8H,9-16H2. The lowest BCUT2D eigenvalue weighted by atomic mass is 10.2. The first kappa shape index (κ1) is 22.0. The van der Waals surface area contributed by atoms with E-state index in [0.717, 1.165) is 0 Å². The summed E-state index contributed by atoms with van der Waals surface area (Å²) in [4.78, 5) is 0. The van der Waals surface area contributed by atoms with Gasteiger partial charge in [-0.05, 0) is 80.6 Å². The Labute approximate surface area is 182 Å². The van der Waals surface area contributed by atoms with Crippen LogP contribution in [-0.4, -0.2) is 39.6 Å². The molecule has 2 aromatic rings. The van der Waals surface area contributed by atoms with Crippen LogP contribution < -0.4 is 0 Å². The smallest absolute Gasteiger partial charge is 0.0718 e. The van der Waals surface area contributed by atoms with Gasteiger partial charge in [0.2, 0.25) is 0 Å². The molecule has 4 nitrogen and oxygen atoms in total. The molecule has 142 valence electrons. The van der Waals surface area contributed by atoms with Crippen LogP contribution in [0.25, 0.3) is 0 Å². The average Bonchev–Trinajstić information content (AvgIpc) is 2.65. The summed E-state index contributed by atoms with van der Waals surface area (Å²) in [6.07, 6.45) is 0. The van der Waals surface area contributed by atoms with Crippen LogP contribution in [0.1, 0.15) is 11.1 Å². The summed E-state index contributed by atoms with van der Waals surface area (Å²) in [5.74, 6) is 0. The van der Waals surface area contributed by atoms with E-state index < -0.39 is 0 Å². The van der Waals surface area contributed by atoms with Crippen LogP contribution >= 0.6 is 45.2 Å². The van der Waals surface area contributed by atoms with Crippen molar-refractivity contribution < 1.29 is 18.9 Å². The van der Waals surface area contributed by atoms with Gasteiger partial charge in [-0.1, -0.05) is 24.3 Å². The number of rotatable bonds is 13. The maximum absolute atomic E-state index is 5.58. The fourth-order valence-corrected chi connectivity index (χ4v) is 2.82. The molecule has 0 aliphatic heterocycles. The molecular formula is C20H24I2O4. The first-order chi connectivity index (χ1) is 12.7. The molecule has 0 heterocycles. The summed E-state index contributed by atoms with van der Waals surface area (Å²) in [5.41, 5.74) is 2.36. The molecule has 0 bridgehead atoms. The molecule has 2 rings (SSSR count). The van der Waals surface area contributed by atoms with Gasteiger partial charge < -0.3 is 18.9 Å². The first-order valence-electron chi connectivity index (χ1n) is 8.54. The second kappa shape index (κ2) is 13.8. The molecule has 0 N–H and O–H groups in total. The van der Waals surface area contributed by atoms with Gasteiger partial charge in [-0.15, -0.1) is 0 Å². The largest absolute Gasteiger partial charge is 0.377 e. The van der Waals surface area contributed by atoms with E-state index in [1.807, 2.05) is 0 Å². The Hall–Kier alpha value is -0.260. The monoisotopic (exact) mass is 582 g/mol.